The third-order valence-electron chi connectivity index (χ3n) is 3.01. The molecule has 3 rings (SSSR count). The highest BCUT2D eigenvalue weighted by Crippen LogP contribution is 2.33. The molecule has 98 valence electrons. The number of hydrogen-bond donors (Lipinski definition) is 1. The van der Waals surface area contributed by atoms with Crippen molar-refractivity contribution in [3.05, 3.63) is 50.5 Å². The van der Waals surface area contributed by atoms with Crippen LogP contribution in [0.5, 0.6) is 5.75 Å². The van der Waals surface area contributed by atoms with Gasteiger partial charge in [0.1, 0.15) is 11.6 Å². The first-order valence-electron chi connectivity index (χ1n) is 6.02. The summed E-state index contributed by atoms with van der Waals surface area (Å²) < 4.78 is 7.77. The average molecular weight is 384 g/mol. The molecule has 0 fully saturated rings. The zero-order valence-corrected chi connectivity index (χ0v) is 13.3. The van der Waals surface area contributed by atoms with Crippen molar-refractivity contribution in [1.29, 1.82) is 0 Å². The number of rotatable bonds is 3. The Morgan fingerprint density at radius 1 is 1.21 bits per heavy atom. The van der Waals surface area contributed by atoms with Crippen LogP contribution in [0.2, 0.25) is 0 Å². The second-order valence-electron chi connectivity index (χ2n) is 4.37. The average Bonchev–Trinajstić information content (AvgIpc) is 2.85. The molecule has 0 unspecified atom stereocenters. The molecular weight excluding hydrogens is 372 g/mol. The summed E-state index contributed by atoms with van der Waals surface area (Å²) in [5.41, 5.74) is 2.43. The summed E-state index contributed by atoms with van der Waals surface area (Å²) in [6, 6.07) is 8.14. The lowest BCUT2D eigenvalue weighted by Crippen LogP contribution is -2.03. The van der Waals surface area contributed by atoms with E-state index in [9.17, 15) is 0 Å². The van der Waals surface area contributed by atoms with Gasteiger partial charge in [-0.25, -0.2) is 4.98 Å². The van der Waals surface area contributed by atoms with Crippen LogP contribution in [-0.2, 0) is 13.0 Å². The smallest absolute Gasteiger partial charge is 0.127 e. The van der Waals surface area contributed by atoms with Gasteiger partial charge >= 0.3 is 0 Å². The Bertz CT molecular complexity index is 599. The first-order valence-corrected chi connectivity index (χ1v) is 7.60. The Balaban J connectivity index is 1.78. The fraction of sp³-hybridized carbons (Fsp3) is 0.214. The van der Waals surface area contributed by atoms with Crippen molar-refractivity contribution in [3.63, 3.8) is 0 Å². The Hall–Kier alpha value is -1.07. The standard InChI is InChI=1S/C14H12Br2N2O/c15-11-1-2-13(18-8-11)17-7-10-6-12(16)5-9-3-4-19-14(9)10/h1-2,5-6,8H,3-4,7H2,(H,17,18). The van der Waals surface area contributed by atoms with Gasteiger partial charge in [-0.3, -0.25) is 0 Å². The number of benzene rings is 1. The predicted octanol–water partition coefficient (Wildman–Crippen LogP) is 4.15. The van der Waals surface area contributed by atoms with E-state index >= 15 is 0 Å². The van der Waals surface area contributed by atoms with Gasteiger partial charge in [0, 0.05) is 33.7 Å². The SMILES string of the molecule is Brc1ccc(NCc2cc(Br)cc3c2OCC3)nc1. The summed E-state index contributed by atoms with van der Waals surface area (Å²) in [5.74, 6) is 1.88. The molecule has 0 saturated heterocycles. The van der Waals surface area contributed by atoms with Crippen molar-refractivity contribution in [2.24, 2.45) is 0 Å². The van der Waals surface area contributed by atoms with Gasteiger partial charge in [0.15, 0.2) is 0 Å². The van der Waals surface area contributed by atoms with Crippen LogP contribution in [-0.4, -0.2) is 11.6 Å². The molecule has 0 atom stereocenters. The summed E-state index contributed by atoms with van der Waals surface area (Å²) in [6.45, 7) is 1.48. The summed E-state index contributed by atoms with van der Waals surface area (Å²) in [7, 11) is 0. The van der Waals surface area contributed by atoms with Gasteiger partial charge < -0.3 is 10.1 Å². The molecule has 1 aromatic carbocycles. The van der Waals surface area contributed by atoms with Crippen LogP contribution < -0.4 is 10.1 Å². The van der Waals surface area contributed by atoms with Crippen LogP contribution in [0, 0.1) is 0 Å². The van der Waals surface area contributed by atoms with Crippen LogP contribution in [0.1, 0.15) is 11.1 Å². The Kier molecular flexibility index (Phi) is 3.75. The third kappa shape index (κ3) is 2.92. The fourth-order valence-corrected chi connectivity index (χ4v) is 2.93. The highest BCUT2D eigenvalue weighted by Gasteiger charge is 2.17. The molecular formula is C14H12Br2N2O. The van der Waals surface area contributed by atoms with Crippen molar-refractivity contribution in [2.45, 2.75) is 13.0 Å². The van der Waals surface area contributed by atoms with Crippen LogP contribution in [0.4, 0.5) is 5.82 Å². The topological polar surface area (TPSA) is 34.1 Å². The van der Waals surface area contributed by atoms with Gasteiger partial charge in [-0.1, -0.05) is 15.9 Å². The van der Waals surface area contributed by atoms with E-state index in [4.69, 9.17) is 4.74 Å². The largest absolute Gasteiger partial charge is 0.493 e. The van der Waals surface area contributed by atoms with E-state index in [0.717, 1.165) is 39.1 Å². The van der Waals surface area contributed by atoms with Crippen LogP contribution >= 0.6 is 31.9 Å². The maximum atomic E-state index is 5.70. The lowest BCUT2D eigenvalue weighted by atomic mass is 10.1. The molecule has 0 radical (unpaired) electrons. The molecule has 2 heterocycles. The number of aromatic nitrogens is 1. The lowest BCUT2D eigenvalue weighted by molar-refractivity contribution is 0.354. The van der Waals surface area contributed by atoms with Crippen molar-refractivity contribution >= 4 is 37.7 Å². The van der Waals surface area contributed by atoms with E-state index in [1.807, 2.05) is 12.1 Å². The first kappa shape index (κ1) is 12.9. The zero-order valence-electron chi connectivity index (χ0n) is 10.1. The molecule has 2 aromatic rings. The van der Waals surface area contributed by atoms with Crippen molar-refractivity contribution < 1.29 is 4.74 Å². The second kappa shape index (κ2) is 5.51. The number of pyridine rings is 1. The van der Waals surface area contributed by atoms with Crippen molar-refractivity contribution in [3.8, 4) is 5.75 Å². The van der Waals surface area contributed by atoms with E-state index in [0.29, 0.717) is 6.54 Å². The van der Waals surface area contributed by atoms with Gasteiger partial charge in [-0.2, -0.15) is 0 Å². The highest BCUT2D eigenvalue weighted by molar-refractivity contribution is 9.10. The van der Waals surface area contributed by atoms with Gasteiger partial charge in [0.25, 0.3) is 0 Å². The summed E-state index contributed by atoms with van der Waals surface area (Å²) >= 11 is 6.92. The fourth-order valence-electron chi connectivity index (χ4n) is 2.14. The molecule has 0 saturated carbocycles. The Morgan fingerprint density at radius 2 is 2.11 bits per heavy atom. The number of hydrogen-bond acceptors (Lipinski definition) is 3. The minimum Gasteiger partial charge on any atom is -0.493 e. The molecule has 0 amide bonds. The van der Waals surface area contributed by atoms with E-state index in [2.05, 4.69) is 54.3 Å². The summed E-state index contributed by atoms with van der Waals surface area (Å²) in [5, 5.41) is 3.31. The normalized spacial score (nSPS) is 12.9. The molecule has 0 aliphatic carbocycles. The lowest BCUT2D eigenvalue weighted by Gasteiger charge is -2.10. The third-order valence-corrected chi connectivity index (χ3v) is 3.94. The van der Waals surface area contributed by atoms with Gasteiger partial charge in [-0.15, -0.1) is 0 Å². The van der Waals surface area contributed by atoms with Crippen LogP contribution in [0.3, 0.4) is 0 Å². The van der Waals surface area contributed by atoms with Crippen molar-refractivity contribution in [1.82, 2.24) is 4.98 Å². The zero-order chi connectivity index (χ0) is 13.2. The van der Waals surface area contributed by atoms with Crippen LogP contribution in [0.15, 0.2) is 39.4 Å². The maximum absolute atomic E-state index is 5.70. The quantitative estimate of drug-likeness (QED) is 0.864. The van der Waals surface area contributed by atoms with Gasteiger partial charge in [0.2, 0.25) is 0 Å². The molecule has 0 spiro atoms. The predicted molar refractivity (Wildman–Crippen MR) is 82.6 cm³/mol. The van der Waals surface area contributed by atoms with E-state index in [-0.39, 0.29) is 0 Å². The molecule has 19 heavy (non-hydrogen) atoms. The molecule has 1 aromatic heterocycles. The second-order valence-corrected chi connectivity index (χ2v) is 6.20. The van der Waals surface area contributed by atoms with Crippen molar-refractivity contribution in [2.75, 3.05) is 11.9 Å². The van der Waals surface area contributed by atoms with Gasteiger partial charge in [-0.05, 0) is 45.8 Å². The van der Waals surface area contributed by atoms with E-state index < -0.39 is 0 Å². The van der Waals surface area contributed by atoms with E-state index in [1.54, 1.807) is 6.20 Å². The number of ether oxygens (including phenoxy) is 1. The molecule has 0 bridgehead atoms. The first-order chi connectivity index (χ1) is 9.22. The highest BCUT2D eigenvalue weighted by atomic mass is 79.9. The number of nitrogens with zero attached hydrogens (tertiary/aromatic N) is 1. The van der Waals surface area contributed by atoms with E-state index in [1.165, 1.54) is 5.56 Å². The summed E-state index contributed by atoms with van der Waals surface area (Å²) in [4.78, 5) is 4.30. The Morgan fingerprint density at radius 3 is 2.89 bits per heavy atom. The summed E-state index contributed by atoms with van der Waals surface area (Å²) in [6.07, 6.45) is 2.77. The molecule has 1 aliphatic rings. The van der Waals surface area contributed by atoms with Gasteiger partial charge in [0.05, 0.1) is 6.61 Å². The number of anilines is 1. The minimum atomic E-state index is 0.705. The number of halogens is 2. The molecule has 1 aliphatic heterocycles. The maximum Gasteiger partial charge on any atom is 0.127 e. The Labute approximate surface area is 128 Å². The molecule has 1 N–H and O–H groups in total. The number of fused-ring (bicyclic) bond motifs is 1. The minimum absolute atomic E-state index is 0.705. The number of nitrogens with one attached hydrogen (secondary N) is 1. The molecule has 3 nitrogen and oxygen atoms in total. The molecule has 5 heteroatoms. The van der Waals surface area contributed by atoms with Crippen LogP contribution in [0.25, 0.3) is 0 Å². The monoisotopic (exact) mass is 382 g/mol.